The van der Waals surface area contributed by atoms with E-state index in [1.54, 1.807) is 133 Å². The van der Waals surface area contributed by atoms with Crippen molar-refractivity contribution in [3.8, 4) is 0 Å². The highest BCUT2D eigenvalue weighted by molar-refractivity contribution is 5.98. The van der Waals surface area contributed by atoms with Crippen molar-refractivity contribution in [1.82, 2.24) is 16.0 Å². The molecule has 11 atom stereocenters. The fourth-order valence-electron chi connectivity index (χ4n) is 12.3. The molecule has 0 radical (unpaired) electrons. The number of carbonyl (C=O) groups excluding carboxylic acids is 8. The fraction of sp³-hybridized carbons (Fsp3) is 0.500. The summed E-state index contributed by atoms with van der Waals surface area (Å²) < 4.78 is 25.4. The van der Waals surface area contributed by atoms with Crippen molar-refractivity contribution in [2.24, 2.45) is 34.5 Å². The number of amides is 2. The lowest BCUT2D eigenvalue weighted by Gasteiger charge is -2.69. The molecule has 1 heterocycles. The number of nitrogens with one attached hydrogen (secondary N) is 3. The number of esters is 3. The van der Waals surface area contributed by atoms with Crippen LogP contribution in [-0.4, -0.2) is 108 Å². The zero-order valence-electron chi connectivity index (χ0n) is 42.3. The molecule has 0 spiro atoms. The second kappa shape index (κ2) is 21.4. The van der Waals surface area contributed by atoms with Gasteiger partial charge in [0, 0.05) is 66.5 Å². The van der Waals surface area contributed by atoms with Gasteiger partial charge in [0.15, 0.2) is 23.3 Å². The zero-order valence-corrected chi connectivity index (χ0v) is 42.3. The Labute approximate surface area is 420 Å². The minimum atomic E-state index is -2.15. The molecule has 16 nitrogen and oxygen atoms in total. The first-order valence-corrected chi connectivity index (χ1v) is 24.7. The van der Waals surface area contributed by atoms with Crippen LogP contribution in [-0.2, 0) is 47.7 Å². The Bertz CT molecular complexity index is 2600. The zero-order chi connectivity index (χ0) is 52.3. The first-order valence-electron chi connectivity index (χ1n) is 24.7. The van der Waals surface area contributed by atoms with Crippen LogP contribution in [0.5, 0.6) is 0 Å². The molecule has 0 aromatic heterocycles. The Kier molecular flexibility index (Phi) is 15.9. The van der Waals surface area contributed by atoms with E-state index in [0.717, 1.165) is 0 Å². The van der Waals surface area contributed by atoms with Gasteiger partial charge in [-0.25, -0.2) is 0 Å². The van der Waals surface area contributed by atoms with Crippen molar-refractivity contribution in [1.29, 1.82) is 0 Å². The average molecular weight is 990 g/mol. The topological polar surface area (TPSA) is 230 Å². The van der Waals surface area contributed by atoms with Crippen LogP contribution in [0.2, 0.25) is 0 Å². The van der Waals surface area contributed by atoms with Gasteiger partial charge < -0.3 is 44.8 Å². The Morgan fingerprint density at radius 1 is 0.847 bits per heavy atom. The SMILES string of the molecule is CNCC(=O)NCCC(=O)O[C@H]1C(=O)[C@]2(C)[C@@H](CC(C)=O)C[C@H]3OC[C@@]3(OC(C)=O)[C@H]2[C@H](CC(=O)c2ccccc2)[C@]2(O)C[C@H](OC(=O)[C@H](C)[C@@H](NC(=O)c3ccccc3)c3ccccc3)C(C)=C1C2(C)C. The molecular formula is C56H67N3O13. The molecule has 3 aromatic carbocycles. The molecule has 4 aliphatic rings. The summed E-state index contributed by atoms with van der Waals surface area (Å²) in [6, 6.07) is 25.0. The number of fused-ring (bicyclic) bond motifs is 5. The third-order valence-electron chi connectivity index (χ3n) is 16.0. The number of aliphatic hydroxyl groups is 1. The predicted octanol–water partition coefficient (Wildman–Crippen LogP) is 5.61. The molecule has 1 saturated heterocycles. The highest BCUT2D eigenvalue weighted by Crippen LogP contribution is 2.68. The number of benzene rings is 3. The number of likely N-dealkylation sites (N-methyl/N-ethyl adjacent to an activating group) is 1. The van der Waals surface area contributed by atoms with Gasteiger partial charge in [0.2, 0.25) is 5.91 Å². The van der Waals surface area contributed by atoms with Crippen LogP contribution in [0, 0.1) is 34.5 Å². The van der Waals surface area contributed by atoms with Crippen molar-refractivity contribution < 1.29 is 62.4 Å². The van der Waals surface area contributed by atoms with E-state index in [0.29, 0.717) is 22.3 Å². The number of ether oxygens (including phenoxy) is 4. The minimum absolute atomic E-state index is 0.0146. The Morgan fingerprint density at radius 3 is 2.03 bits per heavy atom. The Balaban J connectivity index is 1.42. The number of rotatable bonds is 18. The Hall–Kier alpha value is -6.36. The number of Topliss-reactive ketones (excluding diaryl/α,β-unsaturated/α-hetero) is 3. The lowest BCUT2D eigenvalue weighted by Crippen LogP contribution is -2.79. The molecule has 3 fully saturated rings. The third kappa shape index (κ3) is 10.0. The molecule has 1 aliphatic heterocycles. The van der Waals surface area contributed by atoms with E-state index >= 15 is 4.79 Å². The van der Waals surface area contributed by atoms with Gasteiger partial charge in [-0.3, -0.25) is 33.6 Å². The molecule has 0 unspecified atom stereocenters. The fourth-order valence-corrected chi connectivity index (χ4v) is 12.3. The summed E-state index contributed by atoms with van der Waals surface area (Å²) in [5, 5.41) is 22.7. The van der Waals surface area contributed by atoms with Gasteiger partial charge in [0.05, 0.1) is 37.1 Å². The van der Waals surface area contributed by atoms with E-state index in [4.69, 9.17) is 18.9 Å². The van der Waals surface area contributed by atoms with Crippen molar-refractivity contribution in [3.63, 3.8) is 0 Å². The second-order valence-corrected chi connectivity index (χ2v) is 20.7. The van der Waals surface area contributed by atoms with Crippen molar-refractivity contribution in [3.05, 3.63) is 119 Å². The van der Waals surface area contributed by atoms with Gasteiger partial charge >= 0.3 is 17.9 Å². The number of ketones is 3. The monoisotopic (exact) mass is 989 g/mol. The summed E-state index contributed by atoms with van der Waals surface area (Å²) in [7, 11) is 1.60. The van der Waals surface area contributed by atoms with Gasteiger partial charge in [-0.05, 0) is 69.0 Å². The Morgan fingerprint density at radius 2 is 1.46 bits per heavy atom. The van der Waals surface area contributed by atoms with Crippen molar-refractivity contribution in [2.45, 2.75) is 116 Å². The number of hydrogen-bond acceptors (Lipinski definition) is 14. The molecule has 384 valence electrons. The number of hydrogen-bond donors (Lipinski definition) is 4. The summed E-state index contributed by atoms with van der Waals surface area (Å²) in [6.45, 7) is 10.5. The van der Waals surface area contributed by atoms with Gasteiger partial charge in [0.25, 0.3) is 5.91 Å². The average Bonchev–Trinajstić information content (AvgIpc) is 3.34. The molecule has 7 rings (SSSR count). The third-order valence-corrected chi connectivity index (χ3v) is 16.0. The summed E-state index contributed by atoms with van der Waals surface area (Å²) in [5.41, 5.74) is -5.39. The largest absolute Gasteiger partial charge is 0.457 e. The molecule has 3 aliphatic carbocycles. The van der Waals surface area contributed by atoms with Crippen LogP contribution in [0.3, 0.4) is 0 Å². The van der Waals surface area contributed by atoms with Gasteiger partial charge in [-0.1, -0.05) is 99.6 Å². The standard InChI is InChI=1S/C56H67N3O13/c1-32(60)26-39-27-43-55(31-69-43,72-35(4)61)49-40(28-41(62)36-18-12-9-13-19-36)56(68)29-42(70-52(67)34(3)47(37-20-14-10-15-21-37)59-51(66)38-22-16-11-17-23-38)33(2)46(53(56,5)6)48(50(65)54(39,49)7)71-45(64)24-25-58-44(63)30-57-8/h9-23,34,39-40,42-43,47-49,57,68H,24-31H2,1-8H3,(H,58,63)(H,59,66)/t34-,39+,40+,42+,43-,47-,48-,49+,54-,55+,56-/m1/s1. The van der Waals surface area contributed by atoms with Crippen molar-refractivity contribution >= 4 is 47.1 Å². The summed E-state index contributed by atoms with van der Waals surface area (Å²) in [6.07, 6.45) is -5.15. The quantitative estimate of drug-likeness (QED) is 0.0526. The van der Waals surface area contributed by atoms with Crippen molar-refractivity contribution in [2.75, 3.05) is 26.7 Å². The van der Waals surface area contributed by atoms with Gasteiger partial charge in [-0.15, -0.1) is 0 Å². The van der Waals surface area contributed by atoms with Crippen LogP contribution in [0.1, 0.15) is 113 Å². The van der Waals surface area contributed by atoms with E-state index in [1.807, 2.05) is 0 Å². The normalized spacial score (nSPS) is 29.0. The van der Waals surface area contributed by atoms with Gasteiger partial charge in [0.1, 0.15) is 18.0 Å². The van der Waals surface area contributed by atoms with E-state index in [9.17, 15) is 38.7 Å². The molecule has 4 N–H and O–H groups in total. The first kappa shape index (κ1) is 53.4. The highest BCUT2D eigenvalue weighted by Gasteiger charge is 2.77. The predicted molar refractivity (Wildman–Crippen MR) is 263 cm³/mol. The van der Waals surface area contributed by atoms with E-state index < -0.39 is 112 Å². The van der Waals surface area contributed by atoms with Crippen LogP contribution < -0.4 is 16.0 Å². The maximum absolute atomic E-state index is 16.4. The molecule has 72 heavy (non-hydrogen) atoms. The van der Waals surface area contributed by atoms with E-state index in [1.165, 1.54) is 13.8 Å². The van der Waals surface area contributed by atoms with Crippen LogP contribution in [0.4, 0.5) is 0 Å². The summed E-state index contributed by atoms with van der Waals surface area (Å²) in [5.74, 6) is -8.94. The smallest absolute Gasteiger partial charge is 0.311 e. The van der Waals surface area contributed by atoms with E-state index in [-0.39, 0.29) is 62.6 Å². The summed E-state index contributed by atoms with van der Waals surface area (Å²) >= 11 is 0. The molecular weight excluding hydrogens is 923 g/mol. The van der Waals surface area contributed by atoms with Crippen LogP contribution in [0.15, 0.2) is 102 Å². The maximum atomic E-state index is 16.4. The molecule has 3 aromatic rings. The number of carbonyl (C=O) groups is 8. The van der Waals surface area contributed by atoms with Crippen LogP contribution in [0.25, 0.3) is 0 Å². The minimum Gasteiger partial charge on any atom is -0.457 e. The van der Waals surface area contributed by atoms with E-state index in [2.05, 4.69) is 16.0 Å². The lowest BCUT2D eigenvalue weighted by molar-refractivity contribution is -0.334. The lowest BCUT2D eigenvalue weighted by atomic mass is 9.40. The first-order chi connectivity index (χ1) is 34.1. The summed E-state index contributed by atoms with van der Waals surface area (Å²) in [4.78, 5) is 113. The molecule has 2 amide bonds. The van der Waals surface area contributed by atoms with Gasteiger partial charge in [-0.2, -0.15) is 0 Å². The molecule has 2 bridgehead atoms. The molecule has 2 saturated carbocycles. The maximum Gasteiger partial charge on any atom is 0.311 e. The van der Waals surface area contributed by atoms with Crippen LogP contribution >= 0.6 is 0 Å². The molecule has 16 heteroatoms. The highest BCUT2D eigenvalue weighted by atomic mass is 16.6. The second-order valence-electron chi connectivity index (χ2n) is 20.7.